The van der Waals surface area contributed by atoms with Crippen LogP contribution in [0.1, 0.15) is 43.8 Å². The van der Waals surface area contributed by atoms with Crippen LogP contribution in [0.4, 0.5) is 0 Å². The van der Waals surface area contributed by atoms with Crippen molar-refractivity contribution >= 4 is 28.9 Å². The highest BCUT2D eigenvalue weighted by atomic mass is 32.1. The van der Waals surface area contributed by atoms with Crippen molar-refractivity contribution in [3.8, 4) is 0 Å². The van der Waals surface area contributed by atoms with Crippen LogP contribution in [0.5, 0.6) is 0 Å². The summed E-state index contributed by atoms with van der Waals surface area (Å²) in [6.45, 7) is 2.40. The third-order valence-electron chi connectivity index (χ3n) is 4.25. The standard InChI is InChI=1S/C17H15N3O3S/c1-9-4-5-20-14(6-9)19-11-8-18-15(21)7-10(16(11)20)12-2-3-13(24-12)17(22)23/h2-6,10H,7-8H2,1H3,(H,18,21)(H,22,23). The zero-order chi connectivity index (χ0) is 16.8. The summed E-state index contributed by atoms with van der Waals surface area (Å²) in [6.07, 6.45) is 2.25. The number of nitrogens with zero attached hydrogens (tertiary/aromatic N) is 2. The summed E-state index contributed by atoms with van der Waals surface area (Å²) in [6, 6.07) is 7.40. The minimum atomic E-state index is -0.946. The number of carboxylic acids is 1. The average molecular weight is 341 g/mol. The molecule has 24 heavy (non-hydrogen) atoms. The highest BCUT2D eigenvalue weighted by molar-refractivity contribution is 7.14. The molecule has 3 aromatic heterocycles. The maximum Gasteiger partial charge on any atom is 0.345 e. The van der Waals surface area contributed by atoms with E-state index in [2.05, 4.69) is 10.3 Å². The number of amides is 1. The van der Waals surface area contributed by atoms with Crippen molar-refractivity contribution in [2.45, 2.75) is 25.8 Å². The van der Waals surface area contributed by atoms with Crippen LogP contribution < -0.4 is 5.32 Å². The van der Waals surface area contributed by atoms with Gasteiger partial charge in [0, 0.05) is 23.4 Å². The molecule has 1 amide bonds. The van der Waals surface area contributed by atoms with Crippen LogP contribution in [0.15, 0.2) is 30.5 Å². The monoisotopic (exact) mass is 341 g/mol. The number of imidazole rings is 1. The number of aromatic carboxylic acids is 1. The topological polar surface area (TPSA) is 83.7 Å². The molecular weight excluding hydrogens is 326 g/mol. The van der Waals surface area contributed by atoms with Gasteiger partial charge < -0.3 is 14.8 Å². The summed E-state index contributed by atoms with van der Waals surface area (Å²) in [4.78, 5) is 29.1. The van der Waals surface area contributed by atoms with Crippen molar-refractivity contribution in [1.29, 1.82) is 0 Å². The molecule has 7 heteroatoms. The van der Waals surface area contributed by atoms with Crippen molar-refractivity contribution < 1.29 is 14.7 Å². The number of rotatable bonds is 2. The molecule has 1 atom stereocenters. The van der Waals surface area contributed by atoms with E-state index in [-0.39, 0.29) is 23.1 Å². The van der Waals surface area contributed by atoms with E-state index in [1.807, 2.05) is 29.7 Å². The Labute approximate surface area is 141 Å². The van der Waals surface area contributed by atoms with Crippen molar-refractivity contribution in [3.05, 3.63) is 57.2 Å². The molecule has 0 radical (unpaired) electrons. The van der Waals surface area contributed by atoms with E-state index in [0.717, 1.165) is 27.5 Å². The summed E-state index contributed by atoms with van der Waals surface area (Å²) in [5.41, 5.74) is 3.76. The third kappa shape index (κ3) is 2.37. The van der Waals surface area contributed by atoms with E-state index in [1.165, 1.54) is 11.3 Å². The molecule has 122 valence electrons. The summed E-state index contributed by atoms with van der Waals surface area (Å²) in [5, 5.41) is 12.1. The molecule has 4 heterocycles. The van der Waals surface area contributed by atoms with Gasteiger partial charge in [0.2, 0.25) is 5.91 Å². The molecule has 1 aliphatic rings. The number of hydrogen-bond donors (Lipinski definition) is 2. The molecule has 1 unspecified atom stereocenters. The Kier molecular flexibility index (Phi) is 3.38. The number of aromatic nitrogens is 2. The molecule has 4 rings (SSSR count). The maximum absolute atomic E-state index is 12.1. The number of carbonyl (C=O) groups is 2. The first-order valence-electron chi connectivity index (χ1n) is 7.60. The van der Waals surface area contributed by atoms with Gasteiger partial charge in [-0.2, -0.15) is 0 Å². The Balaban J connectivity index is 1.91. The molecule has 0 spiro atoms. The van der Waals surface area contributed by atoms with Gasteiger partial charge in [-0.3, -0.25) is 4.79 Å². The maximum atomic E-state index is 12.1. The number of hydrogen-bond acceptors (Lipinski definition) is 4. The number of pyridine rings is 1. The van der Waals surface area contributed by atoms with Crippen LogP contribution in [0.2, 0.25) is 0 Å². The van der Waals surface area contributed by atoms with Crippen molar-refractivity contribution in [2.24, 2.45) is 0 Å². The predicted molar refractivity (Wildman–Crippen MR) is 89.5 cm³/mol. The first kappa shape index (κ1) is 14.9. The fourth-order valence-electron chi connectivity index (χ4n) is 3.14. The van der Waals surface area contributed by atoms with Crippen molar-refractivity contribution in [3.63, 3.8) is 0 Å². The minimum absolute atomic E-state index is 0.0517. The normalized spacial score (nSPS) is 17.4. The first-order chi connectivity index (χ1) is 11.5. The van der Waals surface area contributed by atoms with Crippen LogP contribution in [0, 0.1) is 6.92 Å². The highest BCUT2D eigenvalue weighted by Crippen LogP contribution is 2.36. The molecule has 1 aliphatic heterocycles. The Morgan fingerprint density at radius 1 is 1.42 bits per heavy atom. The van der Waals surface area contributed by atoms with E-state index >= 15 is 0 Å². The molecule has 6 nitrogen and oxygen atoms in total. The van der Waals surface area contributed by atoms with E-state index < -0.39 is 5.97 Å². The van der Waals surface area contributed by atoms with E-state index in [0.29, 0.717) is 6.54 Å². The summed E-state index contributed by atoms with van der Waals surface area (Å²) in [5.74, 6) is -1.19. The molecule has 0 bridgehead atoms. The zero-order valence-corrected chi connectivity index (χ0v) is 13.8. The fourth-order valence-corrected chi connectivity index (χ4v) is 4.09. The van der Waals surface area contributed by atoms with Gasteiger partial charge in [-0.1, -0.05) is 0 Å². The molecule has 0 saturated carbocycles. The Morgan fingerprint density at radius 3 is 3.00 bits per heavy atom. The second-order valence-electron chi connectivity index (χ2n) is 5.92. The molecule has 2 N–H and O–H groups in total. The number of fused-ring (bicyclic) bond motifs is 3. The van der Waals surface area contributed by atoms with Gasteiger partial charge in [0.15, 0.2) is 0 Å². The number of carbonyl (C=O) groups excluding carboxylic acids is 1. The number of carboxylic acid groups (broad SMARTS) is 1. The highest BCUT2D eigenvalue weighted by Gasteiger charge is 2.30. The SMILES string of the molecule is Cc1ccn2c3c(nc2c1)CNC(=O)CC3c1ccc(C(=O)O)s1. The van der Waals surface area contributed by atoms with Crippen LogP contribution in [-0.4, -0.2) is 26.4 Å². The predicted octanol–water partition coefficient (Wildman–Crippen LogP) is 2.55. The summed E-state index contributed by atoms with van der Waals surface area (Å²) in [7, 11) is 0. The van der Waals surface area contributed by atoms with E-state index in [9.17, 15) is 14.7 Å². The largest absolute Gasteiger partial charge is 0.477 e. The Morgan fingerprint density at radius 2 is 2.25 bits per heavy atom. The zero-order valence-electron chi connectivity index (χ0n) is 12.9. The van der Waals surface area contributed by atoms with Gasteiger partial charge in [-0.05, 0) is 36.8 Å². The first-order valence-corrected chi connectivity index (χ1v) is 8.42. The Bertz CT molecular complexity index is 973. The lowest BCUT2D eigenvalue weighted by Crippen LogP contribution is -2.21. The second kappa shape index (κ2) is 5.45. The summed E-state index contributed by atoms with van der Waals surface area (Å²) < 4.78 is 2.01. The van der Waals surface area contributed by atoms with Crippen molar-refractivity contribution in [1.82, 2.24) is 14.7 Å². The lowest BCUT2D eigenvalue weighted by atomic mass is 9.98. The molecule has 3 aromatic rings. The molecule has 0 aliphatic carbocycles. The number of thiophene rings is 1. The molecular formula is C17H15N3O3S. The van der Waals surface area contributed by atoms with Crippen LogP contribution >= 0.6 is 11.3 Å². The number of nitrogens with one attached hydrogen (secondary N) is 1. The van der Waals surface area contributed by atoms with Gasteiger partial charge in [0.1, 0.15) is 10.5 Å². The minimum Gasteiger partial charge on any atom is -0.477 e. The molecule has 0 saturated heterocycles. The van der Waals surface area contributed by atoms with Crippen molar-refractivity contribution in [2.75, 3.05) is 0 Å². The van der Waals surface area contributed by atoms with Crippen LogP contribution in [0.3, 0.4) is 0 Å². The number of aryl methyl sites for hydroxylation is 1. The summed E-state index contributed by atoms with van der Waals surface area (Å²) >= 11 is 1.22. The quantitative estimate of drug-likeness (QED) is 0.750. The van der Waals surface area contributed by atoms with Gasteiger partial charge in [0.05, 0.1) is 17.9 Å². The van der Waals surface area contributed by atoms with Gasteiger partial charge in [-0.15, -0.1) is 11.3 Å². The smallest absolute Gasteiger partial charge is 0.345 e. The van der Waals surface area contributed by atoms with Gasteiger partial charge in [-0.25, -0.2) is 9.78 Å². The lowest BCUT2D eigenvalue weighted by Gasteiger charge is -2.13. The Hall–Kier alpha value is -2.67. The van der Waals surface area contributed by atoms with Crippen LogP contribution in [-0.2, 0) is 11.3 Å². The third-order valence-corrected chi connectivity index (χ3v) is 5.44. The van der Waals surface area contributed by atoms with E-state index in [4.69, 9.17) is 0 Å². The van der Waals surface area contributed by atoms with Gasteiger partial charge in [0.25, 0.3) is 0 Å². The second-order valence-corrected chi connectivity index (χ2v) is 7.03. The van der Waals surface area contributed by atoms with Gasteiger partial charge >= 0.3 is 5.97 Å². The lowest BCUT2D eigenvalue weighted by molar-refractivity contribution is -0.121. The molecule has 0 fully saturated rings. The van der Waals surface area contributed by atoms with E-state index in [1.54, 1.807) is 12.1 Å². The fraction of sp³-hybridized carbons (Fsp3) is 0.235. The average Bonchev–Trinajstić information content (AvgIpc) is 3.12. The molecule has 0 aromatic carbocycles. The van der Waals surface area contributed by atoms with Crippen LogP contribution in [0.25, 0.3) is 5.65 Å².